The molecule has 0 radical (unpaired) electrons. The van der Waals surface area contributed by atoms with Crippen LogP contribution >= 0.6 is 15.9 Å². The molecular weight excluding hydrogens is 344 g/mol. The average molecular weight is 359 g/mol. The number of hydrazone groups is 1. The van der Waals surface area contributed by atoms with Crippen molar-refractivity contribution in [3.63, 3.8) is 0 Å². The molecule has 0 heterocycles. The largest absolute Gasteiger partial charge is 0.496 e. The summed E-state index contributed by atoms with van der Waals surface area (Å²) >= 11 is 3.38. The molecule has 0 aliphatic rings. The standard InChI is InChI=1S/C17H15BrN2O2/c1-22-16-7-3-2-6-15(16)17(21)20-19-12-4-5-13-8-10-14(18)11-9-13/h2-12H,1H3,(H,20,21)/b5-4+,19-12+. The number of nitrogens with zero attached hydrogens (tertiary/aromatic N) is 1. The molecule has 0 saturated carbocycles. The Morgan fingerprint density at radius 3 is 2.64 bits per heavy atom. The first-order valence-corrected chi connectivity index (χ1v) is 7.38. The molecule has 112 valence electrons. The minimum Gasteiger partial charge on any atom is -0.496 e. The van der Waals surface area contributed by atoms with Crippen molar-refractivity contribution in [2.45, 2.75) is 0 Å². The minimum atomic E-state index is -0.314. The summed E-state index contributed by atoms with van der Waals surface area (Å²) in [5.41, 5.74) is 3.95. The first-order valence-electron chi connectivity index (χ1n) is 6.59. The van der Waals surface area contributed by atoms with E-state index in [-0.39, 0.29) is 5.91 Å². The van der Waals surface area contributed by atoms with E-state index in [1.54, 1.807) is 30.3 Å². The Balaban J connectivity index is 1.92. The summed E-state index contributed by atoms with van der Waals surface area (Å²) in [6.07, 6.45) is 5.17. The predicted molar refractivity (Wildman–Crippen MR) is 92.1 cm³/mol. The SMILES string of the molecule is COc1ccccc1C(=O)N/N=C/C=C/c1ccc(Br)cc1. The molecule has 0 unspecified atom stereocenters. The molecule has 4 nitrogen and oxygen atoms in total. The quantitative estimate of drug-likeness (QED) is 0.651. The summed E-state index contributed by atoms with van der Waals surface area (Å²) in [6, 6.07) is 14.9. The van der Waals surface area contributed by atoms with Gasteiger partial charge >= 0.3 is 0 Å². The number of methoxy groups -OCH3 is 1. The molecule has 0 fully saturated rings. The van der Waals surface area contributed by atoms with Crippen LogP contribution in [-0.2, 0) is 0 Å². The molecule has 0 spiro atoms. The maximum Gasteiger partial charge on any atom is 0.275 e. The van der Waals surface area contributed by atoms with Gasteiger partial charge in [-0.1, -0.05) is 46.3 Å². The van der Waals surface area contributed by atoms with Crippen molar-refractivity contribution in [3.8, 4) is 5.75 Å². The van der Waals surface area contributed by atoms with Crippen molar-refractivity contribution in [1.29, 1.82) is 0 Å². The Bertz CT molecular complexity index is 694. The molecule has 1 amide bonds. The second-order valence-corrected chi connectivity index (χ2v) is 5.25. The zero-order valence-electron chi connectivity index (χ0n) is 12.0. The smallest absolute Gasteiger partial charge is 0.275 e. The second kappa shape index (κ2) is 8.14. The van der Waals surface area contributed by atoms with E-state index in [0.29, 0.717) is 11.3 Å². The third-order valence-corrected chi connectivity index (χ3v) is 3.37. The number of rotatable bonds is 5. The monoisotopic (exact) mass is 358 g/mol. The third-order valence-electron chi connectivity index (χ3n) is 2.84. The van der Waals surface area contributed by atoms with Crippen molar-refractivity contribution in [2.24, 2.45) is 5.10 Å². The lowest BCUT2D eigenvalue weighted by Crippen LogP contribution is -2.18. The summed E-state index contributed by atoms with van der Waals surface area (Å²) < 4.78 is 6.16. The normalized spacial score (nSPS) is 11.0. The number of halogens is 1. The molecular formula is C17H15BrN2O2. The van der Waals surface area contributed by atoms with Crippen molar-refractivity contribution in [3.05, 3.63) is 70.2 Å². The maximum absolute atomic E-state index is 12.0. The fourth-order valence-electron chi connectivity index (χ4n) is 1.76. The van der Waals surface area contributed by atoms with Crippen LogP contribution in [0.2, 0.25) is 0 Å². The molecule has 0 saturated heterocycles. The Kier molecular flexibility index (Phi) is 5.91. The molecule has 0 aliphatic heterocycles. The summed E-state index contributed by atoms with van der Waals surface area (Å²) in [7, 11) is 1.52. The van der Waals surface area contributed by atoms with Crippen LogP contribution in [0.3, 0.4) is 0 Å². The van der Waals surface area contributed by atoms with Crippen LogP contribution in [0.4, 0.5) is 0 Å². The third kappa shape index (κ3) is 4.56. The van der Waals surface area contributed by atoms with Gasteiger partial charge in [-0.25, -0.2) is 5.43 Å². The predicted octanol–water partition coefficient (Wildman–Crippen LogP) is 3.89. The Hall–Kier alpha value is -2.40. The van der Waals surface area contributed by atoms with Gasteiger partial charge in [0.25, 0.3) is 5.91 Å². The lowest BCUT2D eigenvalue weighted by atomic mass is 10.2. The van der Waals surface area contributed by atoms with Gasteiger partial charge in [0.15, 0.2) is 0 Å². The molecule has 5 heteroatoms. The first-order chi connectivity index (χ1) is 10.7. The number of allylic oxidation sites excluding steroid dienone is 1. The highest BCUT2D eigenvalue weighted by Gasteiger charge is 2.09. The highest BCUT2D eigenvalue weighted by Crippen LogP contribution is 2.16. The zero-order valence-corrected chi connectivity index (χ0v) is 13.6. The van der Waals surface area contributed by atoms with Gasteiger partial charge in [0.1, 0.15) is 5.75 Å². The van der Waals surface area contributed by atoms with Gasteiger partial charge in [0, 0.05) is 10.7 Å². The highest BCUT2D eigenvalue weighted by atomic mass is 79.9. The van der Waals surface area contributed by atoms with E-state index in [9.17, 15) is 4.79 Å². The molecule has 2 aromatic rings. The van der Waals surface area contributed by atoms with Gasteiger partial charge < -0.3 is 4.74 Å². The molecule has 22 heavy (non-hydrogen) atoms. The number of carbonyl (C=O) groups excluding carboxylic acids is 1. The van der Waals surface area contributed by atoms with E-state index in [2.05, 4.69) is 26.5 Å². The number of hydrogen-bond acceptors (Lipinski definition) is 3. The number of hydrogen-bond donors (Lipinski definition) is 1. The molecule has 0 bridgehead atoms. The van der Waals surface area contributed by atoms with E-state index in [1.165, 1.54) is 13.3 Å². The summed E-state index contributed by atoms with van der Waals surface area (Å²) in [4.78, 5) is 12.0. The maximum atomic E-state index is 12.0. The number of ether oxygens (including phenoxy) is 1. The fourth-order valence-corrected chi connectivity index (χ4v) is 2.02. The molecule has 0 aliphatic carbocycles. The van der Waals surface area contributed by atoms with Crippen LogP contribution in [-0.4, -0.2) is 19.2 Å². The van der Waals surface area contributed by atoms with Gasteiger partial charge in [0.05, 0.1) is 12.7 Å². The number of benzene rings is 2. The summed E-state index contributed by atoms with van der Waals surface area (Å²) in [5.74, 6) is 0.200. The van der Waals surface area contributed by atoms with E-state index >= 15 is 0 Å². The van der Waals surface area contributed by atoms with E-state index in [4.69, 9.17) is 4.74 Å². The molecule has 0 aromatic heterocycles. The Morgan fingerprint density at radius 2 is 1.91 bits per heavy atom. The minimum absolute atomic E-state index is 0.314. The van der Waals surface area contributed by atoms with Crippen LogP contribution < -0.4 is 10.2 Å². The lowest BCUT2D eigenvalue weighted by molar-refractivity contribution is 0.0952. The van der Waals surface area contributed by atoms with Gasteiger partial charge in [0.2, 0.25) is 0 Å². The topological polar surface area (TPSA) is 50.7 Å². The second-order valence-electron chi connectivity index (χ2n) is 4.33. The van der Waals surface area contributed by atoms with Crippen molar-refractivity contribution < 1.29 is 9.53 Å². The zero-order chi connectivity index (χ0) is 15.8. The molecule has 2 aromatic carbocycles. The number of para-hydroxylation sites is 1. The first kappa shape index (κ1) is 16.0. The molecule has 1 N–H and O–H groups in total. The van der Waals surface area contributed by atoms with Crippen LogP contribution in [0, 0.1) is 0 Å². The Labute approximate surface area is 137 Å². The van der Waals surface area contributed by atoms with Crippen molar-refractivity contribution >= 4 is 34.1 Å². The molecule has 2 rings (SSSR count). The van der Waals surface area contributed by atoms with E-state index < -0.39 is 0 Å². The van der Waals surface area contributed by atoms with Crippen molar-refractivity contribution in [2.75, 3.05) is 7.11 Å². The highest BCUT2D eigenvalue weighted by molar-refractivity contribution is 9.10. The van der Waals surface area contributed by atoms with Gasteiger partial charge in [-0.05, 0) is 35.9 Å². The number of nitrogens with one attached hydrogen (secondary N) is 1. The Morgan fingerprint density at radius 1 is 1.18 bits per heavy atom. The summed E-state index contributed by atoms with van der Waals surface area (Å²) in [6.45, 7) is 0. The van der Waals surface area contributed by atoms with Crippen molar-refractivity contribution in [1.82, 2.24) is 5.43 Å². The van der Waals surface area contributed by atoms with Gasteiger partial charge in [-0.15, -0.1) is 0 Å². The van der Waals surface area contributed by atoms with Crippen LogP contribution in [0.1, 0.15) is 15.9 Å². The van der Waals surface area contributed by atoms with Gasteiger partial charge in [-0.3, -0.25) is 4.79 Å². The fraction of sp³-hybridized carbons (Fsp3) is 0.0588. The molecule has 0 atom stereocenters. The number of amides is 1. The van der Waals surface area contributed by atoms with Crippen LogP contribution in [0.15, 0.2) is 64.2 Å². The average Bonchev–Trinajstić information content (AvgIpc) is 2.56. The summed E-state index contributed by atoms with van der Waals surface area (Å²) in [5, 5.41) is 3.88. The lowest BCUT2D eigenvalue weighted by Gasteiger charge is -2.05. The van der Waals surface area contributed by atoms with Crippen LogP contribution in [0.25, 0.3) is 6.08 Å². The van der Waals surface area contributed by atoms with Gasteiger partial charge in [-0.2, -0.15) is 5.10 Å². The van der Waals surface area contributed by atoms with E-state index in [0.717, 1.165) is 10.0 Å². The number of carbonyl (C=O) groups is 1. The van der Waals surface area contributed by atoms with E-state index in [1.807, 2.05) is 30.3 Å². The van der Waals surface area contributed by atoms with Crippen LogP contribution in [0.5, 0.6) is 5.75 Å².